The lowest BCUT2D eigenvalue weighted by Gasteiger charge is -2.58. The molecule has 0 amide bonds. The molecule has 7 heteroatoms. The lowest BCUT2D eigenvalue weighted by Crippen LogP contribution is -2.59. The SMILES string of the molecule is CCCN1N=C(C2[C@H]3CC4C[C@H]2CC(O)(C4)C3)c2c(cnc3[nH]ccc23)B1O. The van der Waals surface area contributed by atoms with Gasteiger partial charge in [0.25, 0.3) is 0 Å². The van der Waals surface area contributed by atoms with Gasteiger partial charge in [-0.15, -0.1) is 0 Å². The van der Waals surface area contributed by atoms with Crippen molar-refractivity contribution >= 4 is 29.3 Å². The number of nitrogens with zero attached hydrogens (tertiary/aromatic N) is 3. The van der Waals surface area contributed by atoms with Gasteiger partial charge in [-0.05, 0) is 62.3 Å². The minimum atomic E-state index is -0.744. The number of H-pyrrole nitrogens is 1. The fourth-order valence-corrected chi connectivity index (χ4v) is 6.97. The molecule has 4 bridgehead atoms. The number of fused-ring (bicyclic) bond motifs is 3. The van der Waals surface area contributed by atoms with Crippen LogP contribution in [0.15, 0.2) is 23.6 Å². The summed E-state index contributed by atoms with van der Waals surface area (Å²) >= 11 is 0. The summed E-state index contributed by atoms with van der Waals surface area (Å²) in [5.74, 6) is 2.01. The van der Waals surface area contributed by atoms with Gasteiger partial charge in [-0.3, -0.25) is 0 Å². The van der Waals surface area contributed by atoms with Crippen LogP contribution in [0.5, 0.6) is 0 Å². The fraction of sp³-hybridized carbons (Fsp3) is 0.619. The van der Waals surface area contributed by atoms with E-state index in [1.807, 2.05) is 17.3 Å². The third kappa shape index (κ3) is 2.29. The van der Waals surface area contributed by atoms with Crippen LogP contribution in [-0.4, -0.2) is 49.9 Å². The highest BCUT2D eigenvalue weighted by Crippen LogP contribution is 2.59. The highest BCUT2D eigenvalue weighted by molar-refractivity contribution is 6.66. The van der Waals surface area contributed by atoms with Crippen molar-refractivity contribution in [2.24, 2.45) is 28.8 Å². The molecule has 6 nitrogen and oxygen atoms in total. The van der Waals surface area contributed by atoms with Gasteiger partial charge in [0, 0.05) is 41.3 Å². The Hall–Kier alpha value is -1.86. The van der Waals surface area contributed by atoms with Crippen LogP contribution in [-0.2, 0) is 0 Å². The molecular weight excluding hydrogens is 351 g/mol. The molecule has 0 aromatic carbocycles. The van der Waals surface area contributed by atoms with E-state index in [1.165, 1.54) is 12.8 Å². The first-order chi connectivity index (χ1) is 13.6. The zero-order valence-electron chi connectivity index (χ0n) is 16.3. The van der Waals surface area contributed by atoms with E-state index in [2.05, 4.69) is 23.0 Å². The van der Waals surface area contributed by atoms with Crippen LogP contribution in [0.2, 0.25) is 0 Å². The third-order valence-corrected chi connectivity index (χ3v) is 7.68. The van der Waals surface area contributed by atoms with E-state index in [-0.39, 0.29) is 0 Å². The highest BCUT2D eigenvalue weighted by Gasteiger charge is 2.57. The molecule has 2 aromatic heterocycles. The van der Waals surface area contributed by atoms with Crippen molar-refractivity contribution in [1.82, 2.24) is 14.9 Å². The Balaban J connectivity index is 1.52. The summed E-state index contributed by atoms with van der Waals surface area (Å²) in [5.41, 5.74) is 3.48. The van der Waals surface area contributed by atoms with Crippen LogP contribution in [0.4, 0.5) is 0 Å². The van der Waals surface area contributed by atoms with Gasteiger partial charge in [0.2, 0.25) is 0 Å². The van der Waals surface area contributed by atoms with Crippen molar-refractivity contribution < 1.29 is 10.1 Å². The van der Waals surface area contributed by atoms with Crippen molar-refractivity contribution in [2.75, 3.05) is 6.54 Å². The number of pyridine rings is 1. The standard InChI is InChI=1S/C21H27BN4O2/c1-2-5-26-22(28)16-11-24-20-15(3-4-23-20)18(16)19(25-26)17-13-6-12-7-14(17)10-21(27,8-12)9-13/h3-4,11-14,17,27-28H,2,5-10H2,1H3,(H,23,24)/t12?,13-,14-,17?,21?/m0/s1. The van der Waals surface area contributed by atoms with E-state index >= 15 is 0 Å². The predicted octanol–water partition coefficient (Wildman–Crippen LogP) is 1.87. The van der Waals surface area contributed by atoms with Gasteiger partial charge in [-0.25, -0.2) is 4.98 Å². The summed E-state index contributed by atoms with van der Waals surface area (Å²) in [6.07, 6.45) is 9.86. The molecule has 1 aliphatic heterocycles. The van der Waals surface area contributed by atoms with Gasteiger partial charge in [0.05, 0.1) is 11.3 Å². The second kappa shape index (κ2) is 5.83. The van der Waals surface area contributed by atoms with Crippen molar-refractivity contribution in [1.29, 1.82) is 0 Å². The maximum atomic E-state index is 11.0. The van der Waals surface area contributed by atoms with Crippen molar-refractivity contribution in [3.8, 4) is 0 Å². The van der Waals surface area contributed by atoms with Crippen LogP contribution >= 0.6 is 0 Å². The van der Waals surface area contributed by atoms with Gasteiger partial charge in [-0.1, -0.05) is 6.92 Å². The van der Waals surface area contributed by atoms with Crippen molar-refractivity contribution in [3.05, 3.63) is 24.0 Å². The molecule has 0 unspecified atom stereocenters. The summed E-state index contributed by atoms with van der Waals surface area (Å²) < 4.78 is 0. The van der Waals surface area contributed by atoms with E-state index in [0.29, 0.717) is 23.7 Å². The number of hydrazone groups is 1. The predicted molar refractivity (Wildman–Crippen MR) is 109 cm³/mol. The maximum Gasteiger partial charge on any atom is 0.468 e. The normalized spacial score (nSPS) is 36.2. The lowest BCUT2D eigenvalue weighted by atomic mass is 9.48. The number of rotatable bonds is 3. The van der Waals surface area contributed by atoms with E-state index in [0.717, 1.165) is 60.0 Å². The van der Waals surface area contributed by atoms with Gasteiger partial charge >= 0.3 is 7.05 Å². The van der Waals surface area contributed by atoms with Crippen LogP contribution in [0.25, 0.3) is 11.0 Å². The Kier molecular flexibility index (Phi) is 3.55. The van der Waals surface area contributed by atoms with E-state index in [1.54, 1.807) is 0 Å². The van der Waals surface area contributed by atoms with Gasteiger partial charge < -0.3 is 20.0 Å². The highest BCUT2D eigenvalue weighted by atomic mass is 16.3. The Labute approximate surface area is 165 Å². The van der Waals surface area contributed by atoms with E-state index in [9.17, 15) is 10.1 Å². The Bertz CT molecular complexity index is 956. The number of nitrogens with one attached hydrogen (secondary N) is 1. The fourth-order valence-electron chi connectivity index (χ4n) is 6.97. The molecule has 0 saturated heterocycles. The minimum Gasteiger partial charge on any atom is -0.428 e. The number of aromatic nitrogens is 2. The first-order valence-electron chi connectivity index (χ1n) is 10.8. The smallest absolute Gasteiger partial charge is 0.428 e. The van der Waals surface area contributed by atoms with Crippen molar-refractivity contribution in [2.45, 2.75) is 51.0 Å². The number of hydrogen-bond acceptors (Lipinski definition) is 5. The topological polar surface area (TPSA) is 84.7 Å². The molecule has 7 rings (SSSR count). The largest absolute Gasteiger partial charge is 0.468 e. The van der Waals surface area contributed by atoms with Gasteiger partial charge in [0.15, 0.2) is 0 Å². The Morgan fingerprint density at radius 2 is 2.07 bits per heavy atom. The van der Waals surface area contributed by atoms with Gasteiger partial charge in [-0.2, -0.15) is 5.10 Å². The maximum absolute atomic E-state index is 11.0. The first kappa shape index (κ1) is 17.0. The van der Waals surface area contributed by atoms with Crippen LogP contribution in [0.1, 0.15) is 51.0 Å². The summed E-state index contributed by atoms with van der Waals surface area (Å²) in [7, 11) is -0.744. The summed E-state index contributed by atoms with van der Waals surface area (Å²) in [6.45, 7) is 2.84. The molecule has 0 spiro atoms. The molecule has 4 fully saturated rings. The van der Waals surface area contributed by atoms with Gasteiger partial charge in [0.1, 0.15) is 5.65 Å². The minimum absolute atomic E-state index is 0.364. The average Bonchev–Trinajstić information content (AvgIpc) is 3.12. The van der Waals surface area contributed by atoms with Crippen LogP contribution in [0, 0.1) is 23.7 Å². The average molecular weight is 378 g/mol. The summed E-state index contributed by atoms with van der Waals surface area (Å²) in [4.78, 5) is 9.60. The monoisotopic (exact) mass is 378 g/mol. The quantitative estimate of drug-likeness (QED) is 0.712. The van der Waals surface area contributed by atoms with Crippen LogP contribution in [0.3, 0.4) is 0 Å². The zero-order chi connectivity index (χ0) is 19.0. The molecule has 5 aliphatic rings. The second-order valence-electron chi connectivity index (χ2n) is 9.57. The molecule has 2 atom stereocenters. The molecule has 3 N–H and O–H groups in total. The van der Waals surface area contributed by atoms with Crippen molar-refractivity contribution in [3.63, 3.8) is 0 Å². The molecule has 2 aromatic rings. The first-order valence-corrected chi connectivity index (χ1v) is 10.8. The Morgan fingerprint density at radius 3 is 2.79 bits per heavy atom. The Morgan fingerprint density at radius 1 is 1.29 bits per heavy atom. The van der Waals surface area contributed by atoms with E-state index < -0.39 is 12.7 Å². The third-order valence-electron chi connectivity index (χ3n) is 7.68. The molecule has 3 heterocycles. The number of aromatic amines is 1. The second-order valence-corrected chi connectivity index (χ2v) is 9.57. The summed E-state index contributed by atoms with van der Waals surface area (Å²) in [6, 6.07) is 2.06. The number of hydrogen-bond donors (Lipinski definition) is 3. The molecule has 28 heavy (non-hydrogen) atoms. The number of aliphatic hydroxyl groups is 1. The molecule has 146 valence electrons. The molecule has 4 aliphatic carbocycles. The zero-order valence-corrected chi connectivity index (χ0v) is 16.3. The summed E-state index contributed by atoms with van der Waals surface area (Å²) in [5, 5.41) is 28.1. The van der Waals surface area contributed by atoms with E-state index in [4.69, 9.17) is 5.10 Å². The molecule has 0 radical (unpaired) electrons. The van der Waals surface area contributed by atoms with Crippen LogP contribution < -0.4 is 5.46 Å². The lowest BCUT2D eigenvalue weighted by molar-refractivity contribution is -0.138. The molecule has 4 saturated carbocycles. The molecular formula is C21H27BN4O2.